The molecule has 1 aromatic heterocycles. The molecular weight excluding hydrogens is 326 g/mol. The fourth-order valence-electron chi connectivity index (χ4n) is 2.60. The van der Waals surface area contributed by atoms with Crippen LogP contribution >= 0.6 is 0 Å². The van der Waals surface area contributed by atoms with Gasteiger partial charge in [0.1, 0.15) is 0 Å². The van der Waals surface area contributed by atoms with E-state index < -0.39 is 5.97 Å². The predicted octanol–water partition coefficient (Wildman–Crippen LogP) is 1.81. The molecule has 0 aliphatic carbocycles. The quantitative estimate of drug-likeness (QED) is 0.582. The SMILES string of the molecule is Cc1ccc2c(c1)C(=O)N(CCCC(=O)OCc1nnc(C)o1)C2=O. The monoisotopic (exact) mass is 343 g/mol. The largest absolute Gasteiger partial charge is 0.456 e. The Morgan fingerprint density at radius 1 is 1.16 bits per heavy atom. The fraction of sp³-hybridized carbons (Fsp3) is 0.353. The second-order valence-corrected chi connectivity index (χ2v) is 5.79. The number of carbonyl (C=O) groups excluding carboxylic acids is 3. The van der Waals surface area contributed by atoms with E-state index in [-0.39, 0.29) is 37.3 Å². The van der Waals surface area contributed by atoms with Crippen LogP contribution in [-0.4, -0.2) is 39.4 Å². The molecule has 1 aromatic carbocycles. The van der Waals surface area contributed by atoms with Crippen molar-refractivity contribution in [2.24, 2.45) is 0 Å². The second-order valence-electron chi connectivity index (χ2n) is 5.79. The zero-order valence-electron chi connectivity index (χ0n) is 13.9. The lowest BCUT2D eigenvalue weighted by Crippen LogP contribution is -2.31. The molecule has 0 saturated heterocycles. The standard InChI is InChI=1S/C17H17N3O5/c1-10-5-6-12-13(8-10)17(23)20(16(12)22)7-3-4-15(21)24-9-14-19-18-11(2)25-14/h5-6,8H,3-4,7,9H2,1-2H3. The zero-order chi connectivity index (χ0) is 18.0. The van der Waals surface area contributed by atoms with Crippen LogP contribution in [0.1, 0.15) is 50.9 Å². The lowest BCUT2D eigenvalue weighted by Gasteiger charge is -2.13. The molecule has 0 spiro atoms. The molecule has 1 aliphatic heterocycles. The van der Waals surface area contributed by atoms with Crippen molar-refractivity contribution in [3.63, 3.8) is 0 Å². The van der Waals surface area contributed by atoms with Gasteiger partial charge < -0.3 is 9.15 Å². The molecule has 0 atom stereocenters. The number of aryl methyl sites for hydroxylation is 2. The maximum atomic E-state index is 12.3. The summed E-state index contributed by atoms with van der Waals surface area (Å²) in [5.74, 6) is -0.482. The van der Waals surface area contributed by atoms with Gasteiger partial charge in [-0.3, -0.25) is 19.3 Å². The Morgan fingerprint density at radius 2 is 1.92 bits per heavy atom. The number of esters is 1. The van der Waals surface area contributed by atoms with Crippen molar-refractivity contribution in [3.05, 3.63) is 46.7 Å². The number of amides is 2. The van der Waals surface area contributed by atoms with Crippen molar-refractivity contribution < 1.29 is 23.5 Å². The molecule has 2 aromatic rings. The van der Waals surface area contributed by atoms with Crippen LogP contribution in [-0.2, 0) is 16.1 Å². The van der Waals surface area contributed by atoms with E-state index in [1.54, 1.807) is 25.1 Å². The van der Waals surface area contributed by atoms with Crippen molar-refractivity contribution in [3.8, 4) is 0 Å². The molecule has 2 amide bonds. The van der Waals surface area contributed by atoms with Crippen molar-refractivity contribution in [1.29, 1.82) is 0 Å². The Labute approximate surface area is 143 Å². The Kier molecular flexibility index (Phi) is 4.60. The molecule has 3 rings (SSSR count). The Morgan fingerprint density at radius 3 is 2.64 bits per heavy atom. The van der Waals surface area contributed by atoms with Gasteiger partial charge in [0.25, 0.3) is 17.7 Å². The van der Waals surface area contributed by atoms with E-state index in [2.05, 4.69) is 10.2 Å². The van der Waals surface area contributed by atoms with E-state index in [9.17, 15) is 14.4 Å². The van der Waals surface area contributed by atoms with E-state index in [1.165, 1.54) is 4.90 Å². The highest BCUT2D eigenvalue weighted by molar-refractivity contribution is 6.21. The first-order valence-corrected chi connectivity index (χ1v) is 7.87. The van der Waals surface area contributed by atoms with Crippen LogP contribution < -0.4 is 0 Å². The third-order valence-corrected chi connectivity index (χ3v) is 3.81. The fourth-order valence-corrected chi connectivity index (χ4v) is 2.60. The summed E-state index contributed by atoms with van der Waals surface area (Å²) < 4.78 is 10.1. The number of aromatic nitrogens is 2. The average molecular weight is 343 g/mol. The maximum absolute atomic E-state index is 12.3. The molecule has 1 aliphatic rings. The van der Waals surface area contributed by atoms with Gasteiger partial charge >= 0.3 is 5.97 Å². The molecule has 0 radical (unpaired) electrons. The van der Waals surface area contributed by atoms with Crippen LogP contribution in [0.5, 0.6) is 0 Å². The highest BCUT2D eigenvalue weighted by Crippen LogP contribution is 2.24. The smallest absolute Gasteiger partial charge is 0.306 e. The summed E-state index contributed by atoms with van der Waals surface area (Å²) in [4.78, 5) is 37.5. The van der Waals surface area contributed by atoms with Gasteiger partial charge in [-0.05, 0) is 25.5 Å². The van der Waals surface area contributed by atoms with Gasteiger partial charge in [0.15, 0.2) is 6.61 Å². The summed E-state index contributed by atoms with van der Waals surface area (Å²) in [5.41, 5.74) is 1.74. The number of benzene rings is 1. The first-order valence-electron chi connectivity index (χ1n) is 7.87. The van der Waals surface area contributed by atoms with Gasteiger partial charge in [0.05, 0.1) is 11.1 Å². The average Bonchev–Trinajstić information content (AvgIpc) is 3.09. The molecule has 25 heavy (non-hydrogen) atoms. The summed E-state index contributed by atoms with van der Waals surface area (Å²) in [7, 11) is 0. The minimum atomic E-state index is -0.455. The summed E-state index contributed by atoms with van der Waals surface area (Å²) in [6.07, 6.45) is 0.408. The van der Waals surface area contributed by atoms with E-state index in [1.807, 2.05) is 6.92 Å². The number of fused-ring (bicyclic) bond motifs is 1. The highest BCUT2D eigenvalue weighted by Gasteiger charge is 2.34. The Balaban J connectivity index is 1.48. The molecule has 0 unspecified atom stereocenters. The van der Waals surface area contributed by atoms with Gasteiger partial charge in [-0.2, -0.15) is 0 Å². The van der Waals surface area contributed by atoms with Crippen molar-refractivity contribution in [2.45, 2.75) is 33.3 Å². The van der Waals surface area contributed by atoms with Crippen LogP contribution in [0.25, 0.3) is 0 Å². The minimum Gasteiger partial charge on any atom is -0.456 e. The number of ether oxygens (including phenoxy) is 1. The molecule has 130 valence electrons. The van der Waals surface area contributed by atoms with Gasteiger partial charge in [-0.25, -0.2) is 0 Å². The van der Waals surface area contributed by atoms with Gasteiger partial charge in [0, 0.05) is 19.9 Å². The molecular formula is C17H17N3O5. The van der Waals surface area contributed by atoms with E-state index in [0.29, 0.717) is 23.4 Å². The summed E-state index contributed by atoms with van der Waals surface area (Å²) in [6, 6.07) is 5.16. The minimum absolute atomic E-state index is 0.0829. The third kappa shape index (κ3) is 3.57. The number of carbonyl (C=O) groups is 3. The topological polar surface area (TPSA) is 103 Å². The molecule has 2 heterocycles. The van der Waals surface area contributed by atoms with Gasteiger partial charge in [0.2, 0.25) is 5.89 Å². The lowest BCUT2D eigenvalue weighted by molar-refractivity contribution is -0.145. The Bertz CT molecular complexity index is 843. The summed E-state index contributed by atoms with van der Waals surface area (Å²) in [6.45, 7) is 3.58. The van der Waals surface area contributed by atoms with Crippen LogP contribution in [0.4, 0.5) is 0 Å². The lowest BCUT2D eigenvalue weighted by atomic mass is 10.1. The number of hydrogen-bond acceptors (Lipinski definition) is 7. The van der Waals surface area contributed by atoms with E-state index in [0.717, 1.165) is 5.56 Å². The summed E-state index contributed by atoms with van der Waals surface area (Å²) in [5, 5.41) is 7.35. The number of hydrogen-bond donors (Lipinski definition) is 0. The van der Waals surface area contributed by atoms with Crippen molar-refractivity contribution in [1.82, 2.24) is 15.1 Å². The first kappa shape index (κ1) is 16.8. The molecule has 8 nitrogen and oxygen atoms in total. The first-order chi connectivity index (χ1) is 12.0. The Hall–Kier alpha value is -3.03. The van der Waals surface area contributed by atoms with Crippen LogP contribution in [0.3, 0.4) is 0 Å². The number of rotatable bonds is 6. The van der Waals surface area contributed by atoms with E-state index >= 15 is 0 Å². The van der Waals surface area contributed by atoms with Crippen molar-refractivity contribution in [2.75, 3.05) is 6.54 Å². The number of imide groups is 1. The van der Waals surface area contributed by atoms with Crippen molar-refractivity contribution >= 4 is 17.8 Å². The van der Waals surface area contributed by atoms with Gasteiger partial charge in [-0.1, -0.05) is 11.6 Å². The van der Waals surface area contributed by atoms with E-state index in [4.69, 9.17) is 9.15 Å². The van der Waals surface area contributed by atoms with Crippen LogP contribution in [0.15, 0.2) is 22.6 Å². The van der Waals surface area contributed by atoms with Crippen LogP contribution in [0.2, 0.25) is 0 Å². The molecule has 0 bridgehead atoms. The van der Waals surface area contributed by atoms with Gasteiger partial charge in [-0.15, -0.1) is 10.2 Å². The third-order valence-electron chi connectivity index (χ3n) is 3.81. The normalized spacial score (nSPS) is 13.3. The zero-order valence-corrected chi connectivity index (χ0v) is 13.9. The molecule has 8 heteroatoms. The second kappa shape index (κ2) is 6.84. The number of nitrogens with zero attached hydrogens (tertiary/aromatic N) is 3. The molecule has 0 saturated carbocycles. The molecule has 0 N–H and O–H groups in total. The predicted molar refractivity (Wildman–Crippen MR) is 84.6 cm³/mol. The maximum Gasteiger partial charge on any atom is 0.306 e. The highest BCUT2D eigenvalue weighted by atomic mass is 16.5. The molecule has 0 fully saturated rings. The van der Waals surface area contributed by atoms with Crippen LogP contribution in [0, 0.1) is 13.8 Å². The summed E-state index contributed by atoms with van der Waals surface area (Å²) >= 11 is 0.